The lowest BCUT2D eigenvalue weighted by Gasteiger charge is -2.27. The van der Waals surface area contributed by atoms with E-state index in [1.165, 1.54) is 31.4 Å². The summed E-state index contributed by atoms with van der Waals surface area (Å²) in [4.78, 5) is 0. The average molecular weight is 357 g/mol. The third kappa shape index (κ3) is 4.56. The standard InChI is InChI=1S/C24H30F2/c1-3-17-5-7-19(8-6-17)11-14-22-23(25)15-21(16-24(22)26)20-12-9-18(4-2)10-13-20/h4,15-20H,2-3,5-10,12-13H2,1H3/t17-,18-,19-,20-. The van der Waals surface area contributed by atoms with E-state index >= 15 is 0 Å². The van der Waals surface area contributed by atoms with Crippen molar-refractivity contribution in [3.63, 3.8) is 0 Å². The van der Waals surface area contributed by atoms with Gasteiger partial charge in [0.25, 0.3) is 0 Å². The number of allylic oxidation sites excluding steroid dienone is 1. The van der Waals surface area contributed by atoms with E-state index in [0.29, 0.717) is 5.92 Å². The molecule has 26 heavy (non-hydrogen) atoms. The van der Waals surface area contributed by atoms with Crippen molar-refractivity contribution < 1.29 is 8.78 Å². The molecule has 0 saturated heterocycles. The summed E-state index contributed by atoms with van der Waals surface area (Å²) >= 11 is 0. The van der Waals surface area contributed by atoms with Crippen LogP contribution in [0.15, 0.2) is 24.8 Å². The summed E-state index contributed by atoms with van der Waals surface area (Å²) in [7, 11) is 0. The molecule has 0 unspecified atom stereocenters. The Bertz CT molecular complexity index is 655. The van der Waals surface area contributed by atoms with E-state index in [0.717, 1.165) is 50.0 Å². The predicted octanol–water partition coefficient (Wildman–Crippen LogP) is 6.99. The largest absolute Gasteiger partial charge is 0.206 e. The van der Waals surface area contributed by atoms with Gasteiger partial charge in [-0.15, -0.1) is 6.58 Å². The summed E-state index contributed by atoms with van der Waals surface area (Å²) < 4.78 is 29.0. The topological polar surface area (TPSA) is 0 Å². The molecule has 2 heteroatoms. The fourth-order valence-electron chi connectivity index (χ4n) is 4.53. The fourth-order valence-corrected chi connectivity index (χ4v) is 4.53. The Balaban J connectivity index is 1.69. The predicted molar refractivity (Wildman–Crippen MR) is 104 cm³/mol. The molecule has 1 aromatic carbocycles. The van der Waals surface area contributed by atoms with Crippen LogP contribution in [0.1, 0.15) is 81.8 Å². The van der Waals surface area contributed by atoms with Gasteiger partial charge in [0, 0.05) is 5.92 Å². The number of rotatable bonds is 3. The molecule has 0 nitrogen and oxygen atoms in total. The number of hydrogen-bond acceptors (Lipinski definition) is 0. The molecule has 2 saturated carbocycles. The molecule has 0 radical (unpaired) electrons. The van der Waals surface area contributed by atoms with Crippen molar-refractivity contribution in [3.8, 4) is 11.8 Å². The van der Waals surface area contributed by atoms with Gasteiger partial charge in [-0.3, -0.25) is 0 Å². The highest BCUT2D eigenvalue weighted by Crippen LogP contribution is 2.37. The van der Waals surface area contributed by atoms with Gasteiger partial charge in [-0.25, -0.2) is 8.78 Å². The van der Waals surface area contributed by atoms with Gasteiger partial charge in [0.05, 0.1) is 5.56 Å². The molecule has 0 atom stereocenters. The van der Waals surface area contributed by atoms with E-state index in [9.17, 15) is 8.78 Å². The lowest BCUT2D eigenvalue weighted by molar-refractivity contribution is 0.309. The maximum Gasteiger partial charge on any atom is 0.142 e. The minimum atomic E-state index is -0.499. The van der Waals surface area contributed by atoms with E-state index in [1.54, 1.807) is 0 Å². The molecule has 0 spiro atoms. The molecule has 0 N–H and O–H groups in total. The maximum atomic E-state index is 14.5. The lowest BCUT2D eigenvalue weighted by Crippen LogP contribution is -2.13. The minimum Gasteiger partial charge on any atom is -0.206 e. The second-order valence-electron chi connectivity index (χ2n) is 8.10. The van der Waals surface area contributed by atoms with Crippen LogP contribution in [0.25, 0.3) is 0 Å². The molecule has 1 aromatic rings. The van der Waals surface area contributed by atoms with Crippen molar-refractivity contribution in [2.24, 2.45) is 17.8 Å². The van der Waals surface area contributed by atoms with Crippen LogP contribution in [0.5, 0.6) is 0 Å². The Labute approximate surface area is 157 Å². The Morgan fingerprint density at radius 2 is 1.62 bits per heavy atom. The average Bonchev–Trinajstić information content (AvgIpc) is 2.67. The van der Waals surface area contributed by atoms with E-state index in [4.69, 9.17) is 0 Å². The molecule has 2 aliphatic rings. The van der Waals surface area contributed by atoms with Crippen LogP contribution >= 0.6 is 0 Å². The number of hydrogen-bond donors (Lipinski definition) is 0. The molecule has 0 aliphatic heterocycles. The van der Waals surface area contributed by atoms with Crippen molar-refractivity contribution in [1.82, 2.24) is 0 Å². The summed E-state index contributed by atoms with van der Waals surface area (Å²) in [6, 6.07) is 3.03. The van der Waals surface area contributed by atoms with Crippen LogP contribution in [0.4, 0.5) is 8.78 Å². The summed E-state index contributed by atoms with van der Waals surface area (Å²) in [5.41, 5.74) is 0.739. The normalized spacial score (nSPS) is 28.9. The highest BCUT2D eigenvalue weighted by atomic mass is 19.1. The molecule has 2 aliphatic carbocycles. The van der Waals surface area contributed by atoms with Gasteiger partial charge in [-0.05, 0) is 86.8 Å². The fraction of sp³-hybridized carbons (Fsp3) is 0.583. The van der Waals surface area contributed by atoms with E-state index < -0.39 is 11.6 Å². The Kier molecular flexibility index (Phi) is 6.52. The third-order valence-corrected chi connectivity index (χ3v) is 6.47. The first-order valence-electron chi connectivity index (χ1n) is 10.2. The van der Waals surface area contributed by atoms with Gasteiger partial charge in [0.1, 0.15) is 11.6 Å². The van der Waals surface area contributed by atoms with Crippen LogP contribution in [0.2, 0.25) is 0 Å². The molecular weight excluding hydrogens is 326 g/mol. The second kappa shape index (κ2) is 8.85. The van der Waals surface area contributed by atoms with Crippen molar-refractivity contribution >= 4 is 0 Å². The Morgan fingerprint density at radius 3 is 2.15 bits per heavy atom. The Morgan fingerprint density at radius 1 is 1.00 bits per heavy atom. The molecule has 2 fully saturated rings. The van der Waals surface area contributed by atoms with Gasteiger partial charge < -0.3 is 0 Å². The Hall–Kier alpha value is -1.62. The van der Waals surface area contributed by atoms with E-state index in [-0.39, 0.29) is 17.4 Å². The number of benzene rings is 1. The molecule has 0 heterocycles. The molecular formula is C24H30F2. The first-order chi connectivity index (χ1) is 12.6. The summed E-state index contributed by atoms with van der Waals surface area (Å²) in [6.45, 7) is 6.08. The van der Waals surface area contributed by atoms with Gasteiger partial charge in [0.2, 0.25) is 0 Å². The van der Waals surface area contributed by atoms with Gasteiger partial charge in [0.15, 0.2) is 0 Å². The van der Waals surface area contributed by atoms with Gasteiger partial charge in [-0.2, -0.15) is 0 Å². The molecule has 0 aromatic heterocycles. The second-order valence-corrected chi connectivity index (χ2v) is 8.10. The van der Waals surface area contributed by atoms with Crippen molar-refractivity contribution in [2.45, 2.75) is 70.6 Å². The van der Waals surface area contributed by atoms with Crippen molar-refractivity contribution in [3.05, 3.63) is 47.5 Å². The molecule has 0 bridgehead atoms. The summed E-state index contributed by atoms with van der Waals surface area (Å²) in [5, 5.41) is 0. The lowest BCUT2D eigenvalue weighted by atomic mass is 9.78. The summed E-state index contributed by atoms with van der Waals surface area (Å²) in [5.74, 6) is 6.84. The zero-order valence-electron chi connectivity index (χ0n) is 15.9. The monoisotopic (exact) mass is 356 g/mol. The maximum absolute atomic E-state index is 14.5. The van der Waals surface area contributed by atoms with Crippen LogP contribution < -0.4 is 0 Å². The summed E-state index contributed by atoms with van der Waals surface area (Å²) in [6.07, 6.45) is 11.8. The van der Waals surface area contributed by atoms with Crippen LogP contribution in [-0.2, 0) is 0 Å². The molecule has 0 amide bonds. The third-order valence-electron chi connectivity index (χ3n) is 6.47. The zero-order chi connectivity index (χ0) is 18.5. The highest BCUT2D eigenvalue weighted by Gasteiger charge is 2.23. The van der Waals surface area contributed by atoms with Crippen molar-refractivity contribution in [2.75, 3.05) is 0 Å². The van der Waals surface area contributed by atoms with E-state index in [2.05, 4.69) is 25.3 Å². The SMILES string of the molecule is C=C[C@H]1CC[C@H](c2cc(F)c(C#C[C@H]3CC[C@H](CC)CC3)c(F)c2)CC1. The minimum absolute atomic E-state index is 0.0499. The number of halogens is 2. The molecule has 140 valence electrons. The van der Waals surface area contributed by atoms with Crippen LogP contribution in [0, 0.1) is 41.2 Å². The first kappa shape index (κ1) is 19.2. The van der Waals surface area contributed by atoms with Gasteiger partial charge >= 0.3 is 0 Å². The van der Waals surface area contributed by atoms with Crippen LogP contribution in [-0.4, -0.2) is 0 Å². The first-order valence-corrected chi connectivity index (χ1v) is 10.2. The van der Waals surface area contributed by atoms with Gasteiger partial charge in [-0.1, -0.05) is 31.3 Å². The highest BCUT2D eigenvalue weighted by molar-refractivity contribution is 5.40. The van der Waals surface area contributed by atoms with Crippen molar-refractivity contribution in [1.29, 1.82) is 0 Å². The zero-order valence-corrected chi connectivity index (χ0v) is 15.9. The smallest absolute Gasteiger partial charge is 0.142 e. The quantitative estimate of drug-likeness (QED) is 0.404. The van der Waals surface area contributed by atoms with Crippen LogP contribution in [0.3, 0.4) is 0 Å². The molecule has 3 rings (SSSR count). The van der Waals surface area contributed by atoms with E-state index in [1.807, 2.05) is 6.08 Å².